The Morgan fingerprint density at radius 1 is 1.47 bits per heavy atom. The summed E-state index contributed by atoms with van der Waals surface area (Å²) in [5.74, 6) is 5.26. The van der Waals surface area contributed by atoms with Crippen LogP contribution in [0.4, 0.5) is 5.69 Å². The Labute approximate surface area is 87.7 Å². The third kappa shape index (κ3) is 3.79. The summed E-state index contributed by atoms with van der Waals surface area (Å²) >= 11 is 0. The second-order valence-corrected chi connectivity index (χ2v) is 3.62. The molecular weight excluding hydrogens is 194 g/mol. The van der Waals surface area contributed by atoms with Gasteiger partial charge in [-0.15, -0.1) is 0 Å². The zero-order valence-corrected chi connectivity index (χ0v) is 8.52. The van der Waals surface area contributed by atoms with Crippen molar-refractivity contribution in [3.63, 3.8) is 0 Å². The van der Waals surface area contributed by atoms with Gasteiger partial charge in [-0.3, -0.25) is 10.1 Å². The molecule has 0 spiro atoms. The number of nitro groups is 1. The molecular formula is C11H11NO3. The van der Waals surface area contributed by atoms with Gasteiger partial charge in [0.25, 0.3) is 5.69 Å². The number of nitrogens with zero attached hydrogens (tertiary/aromatic N) is 1. The van der Waals surface area contributed by atoms with Gasteiger partial charge >= 0.3 is 0 Å². The molecule has 0 aromatic heterocycles. The first-order valence-corrected chi connectivity index (χ1v) is 4.38. The molecule has 1 aromatic carbocycles. The molecule has 0 fully saturated rings. The van der Waals surface area contributed by atoms with E-state index in [0.29, 0.717) is 5.56 Å². The van der Waals surface area contributed by atoms with Crippen LogP contribution >= 0.6 is 0 Å². The fourth-order valence-corrected chi connectivity index (χ4v) is 0.922. The summed E-state index contributed by atoms with van der Waals surface area (Å²) in [5, 5.41) is 19.8. The largest absolute Gasteiger partial charge is 0.378 e. The van der Waals surface area contributed by atoms with E-state index in [2.05, 4.69) is 11.8 Å². The van der Waals surface area contributed by atoms with Crippen LogP contribution in [0.25, 0.3) is 0 Å². The van der Waals surface area contributed by atoms with Gasteiger partial charge < -0.3 is 5.11 Å². The summed E-state index contributed by atoms with van der Waals surface area (Å²) in [4.78, 5) is 9.99. The van der Waals surface area contributed by atoms with E-state index in [1.54, 1.807) is 26.0 Å². The highest BCUT2D eigenvalue weighted by Crippen LogP contribution is 2.12. The Morgan fingerprint density at radius 3 is 2.67 bits per heavy atom. The molecule has 0 unspecified atom stereocenters. The molecule has 0 aliphatic rings. The van der Waals surface area contributed by atoms with E-state index in [4.69, 9.17) is 0 Å². The number of aliphatic hydroxyl groups is 1. The molecule has 4 nitrogen and oxygen atoms in total. The average molecular weight is 205 g/mol. The van der Waals surface area contributed by atoms with Crippen molar-refractivity contribution in [2.75, 3.05) is 0 Å². The third-order valence-electron chi connectivity index (χ3n) is 1.57. The minimum atomic E-state index is -1.09. The van der Waals surface area contributed by atoms with Crippen molar-refractivity contribution in [2.24, 2.45) is 0 Å². The Balaban J connectivity index is 3.00. The monoisotopic (exact) mass is 205 g/mol. The highest BCUT2D eigenvalue weighted by atomic mass is 16.6. The number of nitro benzene ring substituents is 1. The molecule has 0 atom stereocenters. The first kappa shape index (κ1) is 11.2. The smallest absolute Gasteiger partial charge is 0.270 e. The Bertz CT molecular complexity index is 435. The van der Waals surface area contributed by atoms with Gasteiger partial charge in [0.05, 0.1) is 4.92 Å². The summed E-state index contributed by atoms with van der Waals surface area (Å²) in [7, 11) is 0. The Morgan fingerprint density at radius 2 is 2.13 bits per heavy atom. The molecule has 4 heteroatoms. The molecule has 1 rings (SSSR count). The normalized spacial score (nSPS) is 10.3. The predicted octanol–water partition coefficient (Wildman–Crippen LogP) is 1.72. The van der Waals surface area contributed by atoms with Crippen LogP contribution < -0.4 is 0 Å². The summed E-state index contributed by atoms with van der Waals surface area (Å²) in [6, 6.07) is 5.99. The second kappa shape index (κ2) is 4.11. The maximum Gasteiger partial charge on any atom is 0.270 e. The van der Waals surface area contributed by atoms with Gasteiger partial charge in [-0.1, -0.05) is 17.9 Å². The SMILES string of the molecule is CC(C)(O)C#Cc1cccc([N+](=O)[O-])c1. The van der Waals surface area contributed by atoms with Crippen LogP contribution in [0, 0.1) is 22.0 Å². The lowest BCUT2D eigenvalue weighted by molar-refractivity contribution is -0.384. The quantitative estimate of drug-likeness (QED) is 0.431. The summed E-state index contributed by atoms with van der Waals surface area (Å²) in [6.45, 7) is 3.11. The van der Waals surface area contributed by atoms with Gasteiger partial charge in [0.15, 0.2) is 0 Å². The average Bonchev–Trinajstić information content (AvgIpc) is 2.14. The van der Waals surface area contributed by atoms with Crippen molar-refractivity contribution in [1.82, 2.24) is 0 Å². The summed E-state index contributed by atoms with van der Waals surface area (Å²) in [6.07, 6.45) is 0. The molecule has 0 bridgehead atoms. The zero-order chi connectivity index (χ0) is 11.5. The molecule has 1 N–H and O–H groups in total. The number of hydrogen-bond donors (Lipinski definition) is 1. The molecule has 15 heavy (non-hydrogen) atoms. The van der Waals surface area contributed by atoms with Crippen LogP contribution in [-0.2, 0) is 0 Å². The van der Waals surface area contributed by atoms with Crippen LogP contribution in [0.5, 0.6) is 0 Å². The van der Waals surface area contributed by atoms with Crippen molar-refractivity contribution in [1.29, 1.82) is 0 Å². The topological polar surface area (TPSA) is 63.4 Å². The molecule has 0 aliphatic heterocycles. The van der Waals surface area contributed by atoms with Crippen molar-refractivity contribution in [3.05, 3.63) is 39.9 Å². The van der Waals surface area contributed by atoms with Crippen LogP contribution in [0.1, 0.15) is 19.4 Å². The number of non-ortho nitro benzene ring substituents is 1. The fourth-order valence-electron chi connectivity index (χ4n) is 0.922. The molecule has 0 saturated carbocycles. The lowest BCUT2D eigenvalue weighted by Crippen LogP contribution is -2.14. The highest BCUT2D eigenvalue weighted by Gasteiger charge is 2.07. The van der Waals surface area contributed by atoms with Crippen LogP contribution in [0.15, 0.2) is 24.3 Å². The molecule has 0 saturated heterocycles. The lowest BCUT2D eigenvalue weighted by Gasteiger charge is -2.05. The van der Waals surface area contributed by atoms with Gasteiger partial charge in [0, 0.05) is 17.7 Å². The van der Waals surface area contributed by atoms with Gasteiger partial charge in [-0.2, -0.15) is 0 Å². The fraction of sp³-hybridized carbons (Fsp3) is 0.273. The molecule has 0 radical (unpaired) electrons. The van der Waals surface area contributed by atoms with E-state index in [0.717, 1.165) is 0 Å². The van der Waals surface area contributed by atoms with Crippen molar-refractivity contribution in [2.45, 2.75) is 19.4 Å². The van der Waals surface area contributed by atoms with E-state index in [9.17, 15) is 15.2 Å². The van der Waals surface area contributed by atoms with Crippen LogP contribution in [-0.4, -0.2) is 15.6 Å². The lowest BCUT2D eigenvalue weighted by atomic mass is 10.1. The third-order valence-corrected chi connectivity index (χ3v) is 1.57. The summed E-state index contributed by atoms with van der Waals surface area (Å²) < 4.78 is 0. The standard InChI is InChI=1S/C11H11NO3/c1-11(2,13)7-6-9-4-3-5-10(8-9)12(14)15/h3-5,8,13H,1-2H3. The minimum Gasteiger partial charge on any atom is -0.378 e. The van der Waals surface area contributed by atoms with Crippen molar-refractivity contribution in [3.8, 4) is 11.8 Å². The minimum absolute atomic E-state index is 0.00227. The van der Waals surface area contributed by atoms with E-state index < -0.39 is 10.5 Å². The van der Waals surface area contributed by atoms with Gasteiger partial charge in [-0.05, 0) is 19.9 Å². The van der Waals surface area contributed by atoms with Gasteiger partial charge in [0.2, 0.25) is 0 Å². The Hall–Kier alpha value is -1.86. The maximum absolute atomic E-state index is 10.5. The molecule has 78 valence electrons. The van der Waals surface area contributed by atoms with Crippen LogP contribution in [0.2, 0.25) is 0 Å². The van der Waals surface area contributed by atoms with E-state index >= 15 is 0 Å². The highest BCUT2D eigenvalue weighted by molar-refractivity contribution is 5.43. The van der Waals surface area contributed by atoms with E-state index in [1.807, 2.05) is 0 Å². The molecule has 1 aromatic rings. The summed E-state index contributed by atoms with van der Waals surface area (Å²) in [5.41, 5.74) is -0.575. The second-order valence-electron chi connectivity index (χ2n) is 3.62. The first-order chi connectivity index (χ1) is 6.88. The van der Waals surface area contributed by atoms with Gasteiger partial charge in [0.1, 0.15) is 5.60 Å². The van der Waals surface area contributed by atoms with E-state index in [-0.39, 0.29) is 5.69 Å². The number of rotatable bonds is 1. The molecule has 0 amide bonds. The molecule has 0 heterocycles. The van der Waals surface area contributed by atoms with Crippen molar-refractivity contribution < 1.29 is 10.0 Å². The van der Waals surface area contributed by atoms with Crippen LogP contribution in [0.3, 0.4) is 0 Å². The zero-order valence-electron chi connectivity index (χ0n) is 8.52. The van der Waals surface area contributed by atoms with E-state index in [1.165, 1.54) is 12.1 Å². The number of hydrogen-bond acceptors (Lipinski definition) is 3. The number of benzene rings is 1. The molecule has 0 aliphatic carbocycles. The van der Waals surface area contributed by atoms with Crippen molar-refractivity contribution >= 4 is 5.69 Å². The Kier molecular flexibility index (Phi) is 3.08. The predicted molar refractivity (Wildman–Crippen MR) is 56.3 cm³/mol. The first-order valence-electron chi connectivity index (χ1n) is 4.38. The maximum atomic E-state index is 10.5. The van der Waals surface area contributed by atoms with Gasteiger partial charge in [-0.25, -0.2) is 0 Å².